The third kappa shape index (κ3) is 6.85. The van der Waals surface area contributed by atoms with E-state index in [9.17, 15) is 9.90 Å². The summed E-state index contributed by atoms with van der Waals surface area (Å²) in [5.74, 6) is 2.26. The third-order valence-electron chi connectivity index (χ3n) is 11.0. The molecule has 0 amide bonds. The molecule has 0 spiro atoms. The lowest BCUT2D eigenvalue weighted by Crippen LogP contribution is -2.55. The van der Waals surface area contributed by atoms with E-state index in [0.29, 0.717) is 25.2 Å². The molecule has 4 atom stereocenters. The summed E-state index contributed by atoms with van der Waals surface area (Å²) in [6.07, 6.45) is 17.7. The van der Waals surface area contributed by atoms with Crippen LogP contribution in [0.2, 0.25) is 0 Å². The number of carbonyl (C=O) groups is 1. The van der Waals surface area contributed by atoms with E-state index >= 15 is 8.78 Å². The van der Waals surface area contributed by atoms with E-state index in [1.54, 1.807) is 0 Å². The molecule has 36 heavy (non-hydrogen) atoms. The third-order valence-corrected chi connectivity index (χ3v) is 11.0. The normalized spacial score (nSPS) is 39.7. The Balaban J connectivity index is 1.48. The molecule has 3 rings (SSSR count). The van der Waals surface area contributed by atoms with E-state index in [1.165, 1.54) is 77.0 Å². The number of unbranched alkanes of at least 4 members (excludes halogenated alkanes) is 2. The van der Waals surface area contributed by atoms with Gasteiger partial charge in [-0.15, -0.1) is 0 Å². The second kappa shape index (κ2) is 13.9. The van der Waals surface area contributed by atoms with Gasteiger partial charge >= 0.3 is 5.97 Å². The summed E-state index contributed by atoms with van der Waals surface area (Å²) in [7, 11) is 0. The van der Waals surface area contributed by atoms with Crippen molar-refractivity contribution < 1.29 is 18.7 Å². The van der Waals surface area contributed by atoms with Gasteiger partial charge in [-0.2, -0.15) is 0 Å². The van der Waals surface area contributed by atoms with Gasteiger partial charge in [0, 0.05) is 5.41 Å². The van der Waals surface area contributed by atoms with Crippen molar-refractivity contribution in [2.75, 3.05) is 0 Å². The van der Waals surface area contributed by atoms with Crippen LogP contribution in [0.1, 0.15) is 149 Å². The topological polar surface area (TPSA) is 37.3 Å². The smallest absolute Gasteiger partial charge is 0.312 e. The predicted molar refractivity (Wildman–Crippen MR) is 146 cm³/mol. The highest BCUT2D eigenvalue weighted by atomic mass is 19.2. The molecule has 0 aromatic rings. The zero-order chi connectivity index (χ0) is 26.2. The first-order chi connectivity index (χ1) is 17.3. The second-order valence-electron chi connectivity index (χ2n) is 13.2. The highest BCUT2D eigenvalue weighted by molar-refractivity contribution is 5.76. The van der Waals surface area contributed by atoms with Crippen molar-refractivity contribution in [1.29, 1.82) is 0 Å². The SMILES string of the molecule is CCCCCC1CCC(C2CCC(CCC3(CCC)CCC(CCC)(C(=O)O)C(F)C3F)CC2)CC1. The molecule has 0 aromatic heterocycles. The number of carboxylic acids is 1. The fraction of sp³-hybridized carbons (Fsp3) is 0.969. The Morgan fingerprint density at radius 3 is 1.75 bits per heavy atom. The van der Waals surface area contributed by atoms with Gasteiger partial charge in [0.25, 0.3) is 0 Å². The first-order valence-electron chi connectivity index (χ1n) is 15.8. The van der Waals surface area contributed by atoms with E-state index < -0.39 is 29.1 Å². The average Bonchev–Trinajstić information content (AvgIpc) is 2.89. The molecule has 0 radical (unpaired) electrons. The molecule has 4 heteroatoms. The molecular weight excluding hydrogens is 454 g/mol. The van der Waals surface area contributed by atoms with Crippen molar-refractivity contribution >= 4 is 5.97 Å². The standard InChI is InChI=1S/C32H56F2O2/c1-4-7-8-9-24-10-14-26(15-11-24)27-16-12-25(13-17-27)18-21-31(19-5-2)22-23-32(20-6-3,30(35)36)29(34)28(31)33/h24-29H,4-23H2,1-3H3,(H,35,36). The lowest BCUT2D eigenvalue weighted by Gasteiger charge is -2.49. The van der Waals surface area contributed by atoms with Crippen LogP contribution in [0.3, 0.4) is 0 Å². The zero-order valence-corrected chi connectivity index (χ0v) is 23.7. The van der Waals surface area contributed by atoms with E-state index in [1.807, 2.05) is 6.92 Å². The molecule has 0 aromatic carbocycles. The molecule has 0 aliphatic heterocycles. The van der Waals surface area contributed by atoms with Gasteiger partial charge in [0.15, 0.2) is 0 Å². The Morgan fingerprint density at radius 2 is 1.25 bits per heavy atom. The van der Waals surface area contributed by atoms with Crippen LogP contribution in [0.25, 0.3) is 0 Å². The van der Waals surface area contributed by atoms with Crippen LogP contribution < -0.4 is 0 Å². The fourth-order valence-electron chi connectivity index (χ4n) is 8.60. The van der Waals surface area contributed by atoms with E-state index in [-0.39, 0.29) is 12.8 Å². The average molecular weight is 511 g/mol. The molecule has 0 bridgehead atoms. The van der Waals surface area contributed by atoms with Crippen LogP contribution in [0.15, 0.2) is 0 Å². The number of rotatable bonds is 13. The minimum absolute atomic E-state index is 0.233. The van der Waals surface area contributed by atoms with E-state index in [0.717, 1.165) is 37.0 Å². The van der Waals surface area contributed by atoms with Gasteiger partial charge in [-0.3, -0.25) is 4.79 Å². The molecule has 0 saturated heterocycles. The van der Waals surface area contributed by atoms with Crippen molar-refractivity contribution in [3.63, 3.8) is 0 Å². The van der Waals surface area contributed by atoms with Gasteiger partial charge in [0.2, 0.25) is 0 Å². The minimum Gasteiger partial charge on any atom is -0.481 e. The maximum atomic E-state index is 15.8. The van der Waals surface area contributed by atoms with Gasteiger partial charge in [0.1, 0.15) is 17.8 Å². The summed E-state index contributed by atoms with van der Waals surface area (Å²) in [5.41, 5.74) is -2.20. The van der Waals surface area contributed by atoms with E-state index in [2.05, 4.69) is 13.8 Å². The first-order valence-corrected chi connectivity index (χ1v) is 15.8. The van der Waals surface area contributed by atoms with Crippen molar-refractivity contribution in [3.05, 3.63) is 0 Å². The summed E-state index contributed by atoms with van der Waals surface area (Å²) < 4.78 is 31.3. The molecule has 3 saturated carbocycles. The van der Waals surface area contributed by atoms with Crippen molar-refractivity contribution in [1.82, 2.24) is 0 Å². The zero-order valence-electron chi connectivity index (χ0n) is 23.7. The van der Waals surface area contributed by atoms with Crippen LogP contribution in [-0.2, 0) is 4.79 Å². The van der Waals surface area contributed by atoms with Crippen molar-refractivity contribution in [3.8, 4) is 0 Å². The molecule has 4 unspecified atom stereocenters. The highest BCUT2D eigenvalue weighted by Crippen LogP contribution is 2.55. The summed E-state index contributed by atoms with van der Waals surface area (Å²) in [6.45, 7) is 6.21. The van der Waals surface area contributed by atoms with Crippen LogP contribution in [0, 0.1) is 34.5 Å². The molecule has 3 aliphatic carbocycles. The number of aliphatic carboxylic acids is 1. The highest BCUT2D eigenvalue weighted by Gasteiger charge is 2.59. The molecule has 3 aliphatic rings. The molecule has 1 N–H and O–H groups in total. The lowest BCUT2D eigenvalue weighted by molar-refractivity contribution is -0.170. The number of carboxylic acid groups (broad SMARTS) is 1. The van der Waals surface area contributed by atoms with Crippen LogP contribution in [0.4, 0.5) is 8.78 Å². The Labute approximate surface area is 220 Å². The summed E-state index contributed by atoms with van der Waals surface area (Å²) in [5, 5.41) is 9.83. The largest absolute Gasteiger partial charge is 0.481 e. The lowest BCUT2D eigenvalue weighted by atomic mass is 9.56. The maximum Gasteiger partial charge on any atom is 0.312 e. The van der Waals surface area contributed by atoms with Gasteiger partial charge in [-0.1, -0.05) is 85.0 Å². The monoisotopic (exact) mass is 510 g/mol. The van der Waals surface area contributed by atoms with Gasteiger partial charge in [0.05, 0.1) is 0 Å². The summed E-state index contributed by atoms with van der Waals surface area (Å²) in [6, 6.07) is 0. The number of hydrogen-bond acceptors (Lipinski definition) is 1. The molecule has 0 heterocycles. The number of hydrogen-bond donors (Lipinski definition) is 1. The van der Waals surface area contributed by atoms with Crippen LogP contribution >= 0.6 is 0 Å². The van der Waals surface area contributed by atoms with Gasteiger partial charge in [-0.05, 0) is 87.9 Å². The van der Waals surface area contributed by atoms with Crippen LogP contribution in [0.5, 0.6) is 0 Å². The van der Waals surface area contributed by atoms with Crippen molar-refractivity contribution in [2.24, 2.45) is 34.5 Å². The van der Waals surface area contributed by atoms with Gasteiger partial charge < -0.3 is 5.11 Å². The Kier molecular flexibility index (Phi) is 11.6. The number of halogens is 2. The van der Waals surface area contributed by atoms with Crippen LogP contribution in [-0.4, -0.2) is 23.4 Å². The first kappa shape index (κ1) is 29.9. The van der Waals surface area contributed by atoms with E-state index in [4.69, 9.17) is 0 Å². The Bertz CT molecular complexity index is 653. The van der Waals surface area contributed by atoms with Crippen molar-refractivity contribution in [2.45, 2.75) is 162 Å². The predicted octanol–water partition coefficient (Wildman–Crippen LogP) is 10.1. The quantitative estimate of drug-likeness (QED) is 0.250. The minimum atomic E-state index is -1.89. The second-order valence-corrected chi connectivity index (χ2v) is 13.2. The molecule has 2 nitrogen and oxygen atoms in total. The fourth-order valence-corrected chi connectivity index (χ4v) is 8.60. The molecule has 3 fully saturated rings. The Hall–Kier alpha value is -0.670. The molecule has 210 valence electrons. The maximum absolute atomic E-state index is 15.8. The summed E-state index contributed by atoms with van der Waals surface area (Å²) >= 11 is 0. The molecular formula is C32H56F2O2. The van der Waals surface area contributed by atoms with Gasteiger partial charge in [-0.25, -0.2) is 8.78 Å². The number of alkyl halides is 2. The summed E-state index contributed by atoms with van der Waals surface area (Å²) in [4.78, 5) is 12.0. The Morgan fingerprint density at radius 1 is 0.694 bits per heavy atom.